The van der Waals surface area contributed by atoms with Crippen molar-refractivity contribution in [1.29, 1.82) is 0 Å². The fourth-order valence-corrected chi connectivity index (χ4v) is 1.50. The Morgan fingerprint density at radius 2 is 2.16 bits per heavy atom. The zero-order chi connectivity index (χ0) is 13.5. The maximum absolute atomic E-state index is 10.3. The number of rotatable bonds is 6. The molecule has 0 aliphatic carbocycles. The summed E-state index contributed by atoms with van der Waals surface area (Å²) in [6.07, 6.45) is 0.923. The van der Waals surface area contributed by atoms with Crippen molar-refractivity contribution in [2.45, 2.75) is 6.54 Å². The molecule has 1 heterocycles. The van der Waals surface area contributed by atoms with E-state index >= 15 is 0 Å². The summed E-state index contributed by atoms with van der Waals surface area (Å²) < 4.78 is 4.59. The first-order chi connectivity index (χ1) is 9.25. The molecule has 1 aromatic carbocycles. The molecule has 0 saturated heterocycles. The van der Waals surface area contributed by atoms with Crippen molar-refractivity contribution in [3.8, 4) is 5.69 Å². The van der Waals surface area contributed by atoms with E-state index in [1.54, 1.807) is 11.0 Å². The average molecular weight is 261 g/mol. The number of aromatic nitrogens is 3. The van der Waals surface area contributed by atoms with Crippen LogP contribution in [0, 0.1) is 0 Å². The third kappa shape index (κ3) is 4.07. The Balaban J connectivity index is 1.80. The summed E-state index contributed by atoms with van der Waals surface area (Å²) in [5.41, 5.74) is 6.56. The van der Waals surface area contributed by atoms with Gasteiger partial charge in [-0.2, -0.15) is 15.0 Å². The molecule has 3 N–H and O–H groups in total. The van der Waals surface area contributed by atoms with Gasteiger partial charge in [0.15, 0.2) is 0 Å². The molecule has 0 saturated carbocycles. The molecule has 0 atom stereocenters. The van der Waals surface area contributed by atoms with Crippen LogP contribution in [0.2, 0.25) is 0 Å². The highest BCUT2D eigenvalue weighted by Gasteiger charge is 2.02. The van der Waals surface area contributed by atoms with Gasteiger partial charge in [0.05, 0.1) is 17.6 Å². The van der Waals surface area contributed by atoms with Gasteiger partial charge in [0.1, 0.15) is 6.61 Å². The maximum Gasteiger partial charge on any atom is 0.404 e. The zero-order valence-corrected chi connectivity index (χ0v) is 10.3. The Morgan fingerprint density at radius 3 is 2.89 bits per heavy atom. The van der Waals surface area contributed by atoms with Crippen LogP contribution in [0.25, 0.3) is 5.69 Å². The largest absolute Gasteiger partial charge is 0.448 e. The second kappa shape index (κ2) is 6.50. The van der Waals surface area contributed by atoms with E-state index in [1.165, 1.54) is 0 Å². The van der Waals surface area contributed by atoms with Crippen molar-refractivity contribution in [1.82, 2.24) is 20.3 Å². The maximum atomic E-state index is 10.3. The summed E-state index contributed by atoms with van der Waals surface area (Å²) >= 11 is 0. The van der Waals surface area contributed by atoms with Gasteiger partial charge in [-0.05, 0) is 12.1 Å². The van der Waals surface area contributed by atoms with Crippen LogP contribution >= 0.6 is 0 Å². The van der Waals surface area contributed by atoms with E-state index in [0.717, 1.165) is 11.4 Å². The molecular weight excluding hydrogens is 246 g/mol. The van der Waals surface area contributed by atoms with E-state index in [-0.39, 0.29) is 6.61 Å². The van der Waals surface area contributed by atoms with E-state index in [2.05, 4.69) is 20.3 Å². The average Bonchev–Trinajstić information content (AvgIpc) is 2.88. The summed E-state index contributed by atoms with van der Waals surface area (Å²) in [5, 5.41) is 11.6. The van der Waals surface area contributed by atoms with Gasteiger partial charge in [0.25, 0.3) is 0 Å². The van der Waals surface area contributed by atoms with Crippen molar-refractivity contribution in [2.24, 2.45) is 5.73 Å². The van der Waals surface area contributed by atoms with Gasteiger partial charge in [-0.15, -0.1) is 0 Å². The van der Waals surface area contributed by atoms with Crippen molar-refractivity contribution in [3.63, 3.8) is 0 Å². The van der Waals surface area contributed by atoms with Gasteiger partial charge in [0.2, 0.25) is 0 Å². The molecule has 0 aliphatic heterocycles. The fourth-order valence-electron chi connectivity index (χ4n) is 1.50. The number of ether oxygens (including phenoxy) is 1. The van der Waals surface area contributed by atoms with Crippen molar-refractivity contribution < 1.29 is 9.53 Å². The molecule has 1 aromatic heterocycles. The Labute approximate surface area is 110 Å². The number of primary amides is 1. The van der Waals surface area contributed by atoms with Gasteiger partial charge in [-0.25, -0.2) is 4.79 Å². The number of benzene rings is 1. The molecule has 1 amide bonds. The lowest BCUT2D eigenvalue weighted by molar-refractivity contribution is 0.157. The highest BCUT2D eigenvalue weighted by molar-refractivity contribution is 5.64. The minimum Gasteiger partial charge on any atom is -0.448 e. The van der Waals surface area contributed by atoms with Gasteiger partial charge in [-0.1, -0.05) is 18.2 Å². The Morgan fingerprint density at radius 1 is 1.37 bits per heavy atom. The standard InChI is InChI=1S/C12H15N5O2/c13-12(18)19-7-6-14-8-10-9-15-17(16-10)11-4-2-1-3-5-11/h1-5,9,14H,6-8H2,(H2,13,18). The predicted octanol–water partition coefficient (Wildman–Crippen LogP) is 0.452. The number of nitrogens with two attached hydrogens (primary N) is 1. The summed E-state index contributed by atoms with van der Waals surface area (Å²) in [5.74, 6) is 0. The van der Waals surface area contributed by atoms with Crippen LogP contribution in [0.15, 0.2) is 36.5 Å². The second-order valence-electron chi connectivity index (χ2n) is 3.81. The van der Waals surface area contributed by atoms with Gasteiger partial charge < -0.3 is 15.8 Å². The summed E-state index contributed by atoms with van der Waals surface area (Å²) in [6, 6.07) is 9.65. The zero-order valence-electron chi connectivity index (χ0n) is 10.3. The second-order valence-corrected chi connectivity index (χ2v) is 3.81. The summed E-state index contributed by atoms with van der Waals surface area (Å²) in [4.78, 5) is 11.9. The van der Waals surface area contributed by atoms with Crippen LogP contribution < -0.4 is 11.1 Å². The number of nitrogens with one attached hydrogen (secondary N) is 1. The van der Waals surface area contributed by atoms with Crippen LogP contribution in [0.1, 0.15) is 5.69 Å². The van der Waals surface area contributed by atoms with Gasteiger partial charge >= 0.3 is 6.09 Å². The first-order valence-corrected chi connectivity index (χ1v) is 5.85. The lowest BCUT2D eigenvalue weighted by atomic mass is 10.3. The first kappa shape index (κ1) is 13.0. The number of para-hydroxylation sites is 1. The van der Waals surface area contributed by atoms with E-state index < -0.39 is 6.09 Å². The Hall–Kier alpha value is -2.41. The molecule has 19 heavy (non-hydrogen) atoms. The van der Waals surface area contributed by atoms with E-state index in [0.29, 0.717) is 13.1 Å². The number of amides is 1. The number of nitrogens with zero attached hydrogens (tertiary/aromatic N) is 3. The molecule has 2 rings (SSSR count). The molecule has 7 heteroatoms. The van der Waals surface area contributed by atoms with Crippen LogP contribution in [-0.2, 0) is 11.3 Å². The molecule has 0 radical (unpaired) electrons. The summed E-state index contributed by atoms with van der Waals surface area (Å²) in [7, 11) is 0. The van der Waals surface area contributed by atoms with Gasteiger partial charge in [0, 0.05) is 13.1 Å². The highest BCUT2D eigenvalue weighted by Crippen LogP contribution is 2.03. The topological polar surface area (TPSA) is 95.1 Å². The molecule has 100 valence electrons. The molecule has 2 aromatic rings. The molecule has 0 fully saturated rings. The van der Waals surface area contributed by atoms with Crippen LogP contribution in [0.3, 0.4) is 0 Å². The Bertz CT molecular complexity index is 526. The van der Waals surface area contributed by atoms with Crippen molar-refractivity contribution in [2.75, 3.05) is 13.2 Å². The van der Waals surface area contributed by atoms with Crippen LogP contribution in [0.4, 0.5) is 4.79 Å². The Kier molecular flexibility index (Phi) is 4.46. The molecule has 7 nitrogen and oxygen atoms in total. The van der Waals surface area contributed by atoms with E-state index in [4.69, 9.17) is 5.73 Å². The molecule has 0 unspecified atom stereocenters. The lowest BCUT2D eigenvalue weighted by Crippen LogP contribution is -2.23. The molecule has 0 aliphatic rings. The van der Waals surface area contributed by atoms with Crippen molar-refractivity contribution in [3.05, 3.63) is 42.2 Å². The minimum atomic E-state index is -0.767. The highest BCUT2D eigenvalue weighted by atomic mass is 16.5. The lowest BCUT2D eigenvalue weighted by Gasteiger charge is -2.02. The predicted molar refractivity (Wildman–Crippen MR) is 68.6 cm³/mol. The third-order valence-corrected chi connectivity index (χ3v) is 2.36. The number of carbonyl (C=O) groups excluding carboxylic acids is 1. The number of hydrogen-bond acceptors (Lipinski definition) is 5. The number of hydrogen-bond donors (Lipinski definition) is 2. The normalized spacial score (nSPS) is 10.3. The van der Waals surface area contributed by atoms with Crippen molar-refractivity contribution >= 4 is 6.09 Å². The van der Waals surface area contributed by atoms with Crippen LogP contribution in [-0.4, -0.2) is 34.2 Å². The monoisotopic (exact) mass is 261 g/mol. The van der Waals surface area contributed by atoms with E-state index in [9.17, 15) is 4.79 Å². The fraction of sp³-hybridized carbons (Fsp3) is 0.250. The molecular formula is C12H15N5O2. The van der Waals surface area contributed by atoms with Crippen LogP contribution in [0.5, 0.6) is 0 Å². The van der Waals surface area contributed by atoms with Gasteiger partial charge in [-0.3, -0.25) is 0 Å². The molecule has 0 spiro atoms. The first-order valence-electron chi connectivity index (χ1n) is 5.85. The third-order valence-electron chi connectivity index (χ3n) is 2.36. The number of carbonyl (C=O) groups is 1. The SMILES string of the molecule is NC(=O)OCCNCc1cnn(-c2ccccc2)n1. The smallest absolute Gasteiger partial charge is 0.404 e. The quantitative estimate of drug-likeness (QED) is 0.736. The summed E-state index contributed by atoms with van der Waals surface area (Å²) in [6.45, 7) is 1.30. The van der Waals surface area contributed by atoms with E-state index in [1.807, 2.05) is 30.3 Å². The molecule has 0 bridgehead atoms. The minimum absolute atomic E-state index is 0.238.